The van der Waals surface area contributed by atoms with Crippen LogP contribution in [0.15, 0.2) is 173 Å². The number of anilines is 3. The lowest BCUT2D eigenvalue weighted by Crippen LogP contribution is -2.33. The maximum Gasteiger partial charge on any atom is 0.145 e. The minimum Gasteiger partial charge on any atom is -0.455 e. The van der Waals surface area contributed by atoms with E-state index in [2.05, 4.69) is 205 Å². The molecule has 3 aliphatic carbocycles. The summed E-state index contributed by atoms with van der Waals surface area (Å²) in [4.78, 5) is 7.57. The van der Waals surface area contributed by atoms with Gasteiger partial charge in [-0.05, 0) is 160 Å². The lowest BCUT2D eigenvalue weighted by atomic mass is 9.62. The van der Waals surface area contributed by atoms with Gasteiger partial charge in [0.15, 0.2) is 0 Å². The molecule has 4 heteroatoms. The maximum atomic E-state index is 7.54. The number of unbranched alkanes of at least 4 members (excludes halogenated alkanes) is 16. The van der Waals surface area contributed by atoms with Gasteiger partial charge in [0.25, 0.3) is 0 Å². The lowest BCUT2D eigenvalue weighted by molar-refractivity contribution is 0.369. The Labute approximate surface area is 542 Å². The minimum atomic E-state index is -0.340. The number of furan rings is 2. The quantitative estimate of drug-likeness (QED) is 0.0458. The summed E-state index contributed by atoms with van der Waals surface area (Å²) in [6.07, 6.45) is 31.8. The average molecular weight is 1200 g/mol. The van der Waals surface area contributed by atoms with Crippen molar-refractivity contribution in [2.45, 2.75) is 219 Å². The Bertz CT molecular complexity index is 4410. The number of pyridine rings is 1. The van der Waals surface area contributed by atoms with Crippen molar-refractivity contribution >= 4 is 60.9 Å². The average Bonchev–Trinajstić information content (AvgIpc) is 1.50. The molecule has 0 aliphatic heterocycles. The van der Waals surface area contributed by atoms with Crippen molar-refractivity contribution in [1.29, 1.82) is 0 Å². The molecule has 8 aromatic carbocycles. The second-order valence-electron chi connectivity index (χ2n) is 28.2. The van der Waals surface area contributed by atoms with Gasteiger partial charge in [-0.15, -0.1) is 0 Å². The molecule has 0 bridgehead atoms. The predicted molar refractivity (Wildman–Crippen MR) is 387 cm³/mol. The zero-order chi connectivity index (χ0) is 62.3. The highest BCUT2D eigenvalue weighted by atomic mass is 16.3. The molecule has 11 aromatic rings. The summed E-state index contributed by atoms with van der Waals surface area (Å²) in [6.45, 7) is 16.6. The largest absolute Gasteiger partial charge is 0.455 e. The minimum absolute atomic E-state index is 0.142. The lowest BCUT2D eigenvalue weighted by Gasteiger charge is -2.40. The van der Waals surface area contributed by atoms with E-state index in [1.54, 1.807) is 16.7 Å². The van der Waals surface area contributed by atoms with Crippen LogP contribution in [0.3, 0.4) is 0 Å². The molecule has 3 aliphatic rings. The number of aromatic nitrogens is 1. The second kappa shape index (κ2) is 25.8. The van der Waals surface area contributed by atoms with Crippen LogP contribution in [0.1, 0.15) is 235 Å². The van der Waals surface area contributed by atoms with E-state index >= 15 is 0 Å². The van der Waals surface area contributed by atoms with Gasteiger partial charge in [-0.25, -0.2) is 0 Å². The fourth-order valence-electron chi connectivity index (χ4n) is 17.7. The van der Waals surface area contributed by atoms with Crippen LogP contribution in [0.25, 0.3) is 88.5 Å². The van der Waals surface area contributed by atoms with Gasteiger partial charge < -0.3 is 13.7 Å². The molecule has 4 nitrogen and oxygen atoms in total. The van der Waals surface area contributed by atoms with Gasteiger partial charge in [-0.2, -0.15) is 0 Å². The third-order valence-electron chi connectivity index (χ3n) is 22.2. The number of aryl methyl sites for hydroxylation is 1. The highest BCUT2D eigenvalue weighted by molar-refractivity contribution is 6.21. The summed E-state index contributed by atoms with van der Waals surface area (Å²) in [5.41, 5.74) is 27.3. The Morgan fingerprint density at radius 3 is 1.44 bits per heavy atom. The first-order valence-electron chi connectivity index (χ1n) is 35.9. The smallest absolute Gasteiger partial charge is 0.145 e. The summed E-state index contributed by atoms with van der Waals surface area (Å²) in [5, 5.41) is 4.90. The van der Waals surface area contributed by atoms with Crippen LogP contribution in [0, 0.1) is 6.92 Å². The number of hydrogen-bond donors (Lipinski definition) is 0. The Morgan fingerprint density at radius 1 is 0.385 bits per heavy atom. The normalized spacial score (nSPS) is 14.5. The molecule has 3 aromatic heterocycles. The van der Waals surface area contributed by atoms with Crippen LogP contribution in [0.2, 0.25) is 0 Å². The van der Waals surface area contributed by atoms with E-state index in [1.165, 1.54) is 230 Å². The van der Waals surface area contributed by atoms with E-state index in [0.717, 1.165) is 51.8 Å². The molecule has 0 unspecified atom stereocenters. The van der Waals surface area contributed by atoms with Crippen molar-refractivity contribution in [2.24, 2.45) is 0 Å². The van der Waals surface area contributed by atoms with Gasteiger partial charge in [0.05, 0.1) is 5.69 Å². The van der Waals surface area contributed by atoms with Crippen LogP contribution in [0.5, 0.6) is 0 Å². The van der Waals surface area contributed by atoms with Gasteiger partial charge in [-0.1, -0.05) is 267 Å². The van der Waals surface area contributed by atoms with Crippen molar-refractivity contribution in [2.75, 3.05) is 4.90 Å². The first-order valence-corrected chi connectivity index (χ1v) is 35.9. The third-order valence-corrected chi connectivity index (χ3v) is 22.2. The first-order chi connectivity index (χ1) is 44.7. The maximum absolute atomic E-state index is 7.54. The monoisotopic (exact) mass is 1200 g/mol. The van der Waals surface area contributed by atoms with Crippen LogP contribution in [-0.2, 0) is 16.2 Å². The zero-order valence-electron chi connectivity index (χ0n) is 55.8. The molecule has 466 valence electrons. The number of benzene rings is 8. The Kier molecular flexibility index (Phi) is 17.2. The van der Waals surface area contributed by atoms with Crippen molar-refractivity contribution in [3.05, 3.63) is 203 Å². The van der Waals surface area contributed by atoms with E-state index in [4.69, 9.17) is 13.8 Å². The van der Waals surface area contributed by atoms with Crippen molar-refractivity contribution in [3.8, 4) is 44.6 Å². The number of nitrogens with zero attached hydrogens (tertiary/aromatic N) is 2. The van der Waals surface area contributed by atoms with Crippen molar-refractivity contribution < 1.29 is 8.83 Å². The van der Waals surface area contributed by atoms with Gasteiger partial charge in [-0.3, -0.25) is 4.98 Å². The van der Waals surface area contributed by atoms with E-state index < -0.39 is 0 Å². The third kappa shape index (κ3) is 10.4. The molecule has 0 atom stereocenters. The molecular formula is C87H96N2O2. The van der Waals surface area contributed by atoms with Crippen molar-refractivity contribution in [3.63, 3.8) is 0 Å². The van der Waals surface area contributed by atoms with E-state index in [9.17, 15) is 0 Å². The first kappa shape index (κ1) is 60.8. The molecule has 0 saturated carbocycles. The number of rotatable bonds is 28. The van der Waals surface area contributed by atoms with Gasteiger partial charge in [0.2, 0.25) is 0 Å². The molecule has 0 spiro atoms. The fourth-order valence-corrected chi connectivity index (χ4v) is 17.7. The molecule has 0 N–H and O–H groups in total. The van der Waals surface area contributed by atoms with Crippen molar-refractivity contribution in [1.82, 2.24) is 4.98 Å². The van der Waals surface area contributed by atoms with Gasteiger partial charge >= 0.3 is 0 Å². The Morgan fingerprint density at radius 2 is 0.857 bits per heavy atom. The van der Waals surface area contributed by atoms with Gasteiger partial charge in [0.1, 0.15) is 22.3 Å². The standard InChI is InChI=1S/C87H96N2O2/c1-8-12-16-20-33-51-86(52-34-21-17-13-9-2)68-42-28-25-39-62(68)80-82(86)81-77(79-66-41-27-31-46-75(66)91-84(79)80)64-50-48-61(57-70(64)87(81,53-35-22-18-14-10-3)54-36-23-19-15-11-4)89(73-44-29-24-38-59(73)5)60-47-49-63-69(56-60)85(6,7)71-58-67(72-43-32-37-55-88-72)83-78(76(63)71)65-40-26-30-45-74(65)90-83/h24-32,37-50,55-58H,8-23,33-36,51-54H2,1-7H3. The topological polar surface area (TPSA) is 42.4 Å². The van der Waals surface area contributed by atoms with Gasteiger partial charge in [0, 0.05) is 72.2 Å². The van der Waals surface area contributed by atoms with Crippen LogP contribution in [0.4, 0.5) is 17.1 Å². The van der Waals surface area contributed by atoms with E-state index in [-0.39, 0.29) is 16.2 Å². The number of hydrogen-bond acceptors (Lipinski definition) is 4. The van der Waals surface area contributed by atoms with Crippen LogP contribution < -0.4 is 4.90 Å². The fraction of sp³-hybridized carbons (Fsp3) is 0.391. The zero-order valence-corrected chi connectivity index (χ0v) is 55.8. The number of fused-ring (bicyclic) bond motifs is 19. The predicted octanol–water partition coefficient (Wildman–Crippen LogP) is 26.6. The summed E-state index contributed by atoms with van der Waals surface area (Å²) in [7, 11) is 0. The Balaban J connectivity index is 1.02. The molecule has 0 radical (unpaired) electrons. The summed E-state index contributed by atoms with van der Waals surface area (Å²) < 4.78 is 14.4. The van der Waals surface area contributed by atoms with Crippen LogP contribution >= 0.6 is 0 Å². The molecule has 91 heavy (non-hydrogen) atoms. The summed E-state index contributed by atoms with van der Waals surface area (Å²) >= 11 is 0. The molecular weight excluding hydrogens is 1100 g/mol. The summed E-state index contributed by atoms with van der Waals surface area (Å²) in [5.74, 6) is 0. The highest BCUT2D eigenvalue weighted by Crippen LogP contribution is 2.68. The highest BCUT2D eigenvalue weighted by Gasteiger charge is 2.54. The summed E-state index contributed by atoms with van der Waals surface area (Å²) in [6, 6.07) is 60.4. The SMILES string of the molecule is CCCCCCCC1(CCCCCCC)c2ccccc2-c2c1c1c(c3c2oc2ccccc23)-c2ccc(N(c3ccc4c(c3)C(C)(C)c3cc(-c5ccccn5)c5oc6ccccc6c5c3-4)c3ccccc3C)cc2C1(CCCCCCC)CCCCCCC. The van der Waals surface area contributed by atoms with E-state index in [1.807, 2.05) is 12.3 Å². The molecule has 3 heterocycles. The van der Waals surface area contributed by atoms with E-state index in [0.29, 0.717) is 0 Å². The molecule has 14 rings (SSSR count). The molecule has 0 amide bonds. The second-order valence-corrected chi connectivity index (χ2v) is 28.2. The van der Waals surface area contributed by atoms with Crippen LogP contribution in [-0.4, -0.2) is 4.98 Å². The molecule has 0 saturated heterocycles. The molecule has 0 fully saturated rings. The Hall–Kier alpha value is -7.69. The number of para-hydroxylation sites is 3.